The third-order valence-corrected chi connectivity index (χ3v) is 2.51. The highest BCUT2D eigenvalue weighted by Gasteiger charge is 2.12. The lowest BCUT2D eigenvalue weighted by atomic mass is 10.0. The number of likely N-dealkylation sites (N-methyl/N-ethyl adjacent to an activating group) is 1. The molecule has 0 amide bonds. The summed E-state index contributed by atoms with van der Waals surface area (Å²) >= 11 is 0. The zero-order valence-electron chi connectivity index (χ0n) is 8.00. The lowest BCUT2D eigenvalue weighted by Crippen LogP contribution is -2.32. The number of rotatable bonds is 4. The van der Waals surface area contributed by atoms with Crippen LogP contribution in [0.1, 0.15) is 25.7 Å². The molecule has 1 aliphatic carbocycles. The number of hydrogen-bond donors (Lipinski definition) is 1. The molecule has 70 valence electrons. The predicted molar refractivity (Wildman–Crippen MR) is 53.1 cm³/mol. The summed E-state index contributed by atoms with van der Waals surface area (Å²) in [7, 11) is 2.19. The van der Waals surface area contributed by atoms with E-state index in [9.17, 15) is 0 Å². The van der Waals surface area contributed by atoms with Gasteiger partial charge in [0.05, 0.1) is 0 Å². The molecule has 0 heterocycles. The first kappa shape index (κ1) is 9.75. The Hall–Kier alpha value is -0.340. The van der Waals surface area contributed by atoms with Crippen molar-refractivity contribution >= 4 is 0 Å². The van der Waals surface area contributed by atoms with Gasteiger partial charge in [0.25, 0.3) is 0 Å². The van der Waals surface area contributed by atoms with Gasteiger partial charge in [-0.3, -0.25) is 4.90 Å². The Bertz CT molecular complexity index is 143. The first-order chi connectivity index (χ1) is 5.84. The number of allylic oxidation sites excluding steroid dienone is 1. The number of nitrogens with two attached hydrogens (primary N) is 1. The second-order valence-electron chi connectivity index (χ2n) is 3.55. The molecule has 2 N–H and O–H groups in total. The Kier molecular flexibility index (Phi) is 4.33. The Morgan fingerprint density at radius 3 is 3.00 bits per heavy atom. The monoisotopic (exact) mass is 168 g/mol. The van der Waals surface area contributed by atoms with Crippen LogP contribution >= 0.6 is 0 Å². The van der Waals surface area contributed by atoms with Crippen LogP contribution in [0.15, 0.2) is 12.2 Å². The maximum atomic E-state index is 5.46. The molecule has 0 spiro atoms. The summed E-state index contributed by atoms with van der Waals surface area (Å²) in [6.07, 6.45) is 9.67. The highest BCUT2D eigenvalue weighted by atomic mass is 15.1. The SMILES string of the molecule is CN(CCCN)C1C=CCCC1. The molecule has 12 heavy (non-hydrogen) atoms. The molecule has 0 bridgehead atoms. The van der Waals surface area contributed by atoms with Crippen molar-refractivity contribution in [2.24, 2.45) is 5.73 Å². The Morgan fingerprint density at radius 2 is 2.42 bits per heavy atom. The molecule has 1 rings (SSSR count). The van der Waals surface area contributed by atoms with E-state index in [1.165, 1.54) is 19.3 Å². The first-order valence-electron chi connectivity index (χ1n) is 4.91. The van der Waals surface area contributed by atoms with Crippen molar-refractivity contribution in [3.63, 3.8) is 0 Å². The fraction of sp³-hybridized carbons (Fsp3) is 0.800. The average molecular weight is 168 g/mol. The molecule has 0 aliphatic heterocycles. The molecular weight excluding hydrogens is 148 g/mol. The van der Waals surface area contributed by atoms with Gasteiger partial charge in [-0.15, -0.1) is 0 Å². The Labute approximate surface area is 75.4 Å². The lowest BCUT2D eigenvalue weighted by molar-refractivity contribution is 0.260. The van der Waals surface area contributed by atoms with Gasteiger partial charge in [-0.1, -0.05) is 12.2 Å². The van der Waals surface area contributed by atoms with Crippen LogP contribution in [0.2, 0.25) is 0 Å². The fourth-order valence-electron chi connectivity index (χ4n) is 1.67. The zero-order chi connectivity index (χ0) is 8.81. The van der Waals surface area contributed by atoms with E-state index >= 15 is 0 Å². The van der Waals surface area contributed by atoms with Gasteiger partial charge < -0.3 is 5.73 Å². The van der Waals surface area contributed by atoms with Gasteiger partial charge in [-0.05, 0) is 45.8 Å². The van der Waals surface area contributed by atoms with E-state index in [1.807, 2.05) is 0 Å². The molecule has 0 saturated heterocycles. The summed E-state index contributed by atoms with van der Waals surface area (Å²) in [5.41, 5.74) is 5.46. The van der Waals surface area contributed by atoms with Crippen LogP contribution in [0, 0.1) is 0 Å². The molecular formula is C10H20N2. The molecule has 0 aromatic rings. The summed E-state index contributed by atoms with van der Waals surface area (Å²) in [5.74, 6) is 0. The third kappa shape index (κ3) is 2.95. The van der Waals surface area contributed by atoms with E-state index in [-0.39, 0.29) is 0 Å². The van der Waals surface area contributed by atoms with Crippen molar-refractivity contribution in [1.82, 2.24) is 4.90 Å². The van der Waals surface area contributed by atoms with Gasteiger partial charge in [0.1, 0.15) is 0 Å². The summed E-state index contributed by atoms with van der Waals surface area (Å²) in [6, 6.07) is 0.672. The normalized spacial score (nSPS) is 23.4. The van der Waals surface area contributed by atoms with E-state index in [4.69, 9.17) is 5.73 Å². The maximum Gasteiger partial charge on any atom is 0.0275 e. The van der Waals surface area contributed by atoms with Gasteiger partial charge in [0, 0.05) is 6.04 Å². The standard InChI is InChI=1S/C10H20N2/c1-12(9-5-8-11)10-6-3-2-4-7-10/h3,6,10H,2,4-5,7-9,11H2,1H3. The smallest absolute Gasteiger partial charge is 0.0275 e. The molecule has 1 aliphatic rings. The topological polar surface area (TPSA) is 29.3 Å². The fourth-order valence-corrected chi connectivity index (χ4v) is 1.67. The van der Waals surface area contributed by atoms with Gasteiger partial charge >= 0.3 is 0 Å². The van der Waals surface area contributed by atoms with Crippen LogP contribution in [-0.2, 0) is 0 Å². The molecule has 1 unspecified atom stereocenters. The molecule has 0 fully saturated rings. The van der Waals surface area contributed by atoms with Crippen LogP contribution < -0.4 is 5.73 Å². The largest absolute Gasteiger partial charge is 0.330 e. The van der Waals surface area contributed by atoms with E-state index in [0.29, 0.717) is 6.04 Å². The molecule has 0 saturated carbocycles. The van der Waals surface area contributed by atoms with Crippen LogP contribution in [0.3, 0.4) is 0 Å². The van der Waals surface area contributed by atoms with Crippen molar-refractivity contribution in [2.75, 3.05) is 20.1 Å². The van der Waals surface area contributed by atoms with Crippen molar-refractivity contribution in [3.8, 4) is 0 Å². The summed E-state index contributed by atoms with van der Waals surface area (Å²) in [6.45, 7) is 1.94. The molecule has 1 atom stereocenters. The minimum absolute atomic E-state index is 0.672. The van der Waals surface area contributed by atoms with Crippen LogP contribution in [0.5, 0.6) is 0 Å². The van der Waals surface area contributed by atoms with Crippen LogP contribution in [0.25, 0.3) is 0 Å². The van der Waals surface area contributed by atoms with E-state index in [1.54, 1.807) is 0 Å². The van der Waals surface area contributed by atoms with E-state index in [0.717, 1.165) is 19.5 Å². The van der Waals surface area contributed by atoms with Gasteiger partial charge in [0.2, 0.25) is 0 Å². The lowest BCUT2D eigenvalue weighted by Gasteiger charge is -2.27. The van der Waals surface area contributed by atoms with Crippen LogP contribution in [-0.4, -0.2) is 31.1 Å². The van der Waals surface area contributed by atoms with Gasteiger partial charge in [0.15, 0.2) is 0 Å². The third-order valence-electron chi connectivity index (χ3n) is 2.51. The maximum absolute atomic E-state index is 5.46. The second kappa shape index (κ2) is 5.33. The average Bonchev–Trinajstić information content (AvgIpc) is 2.15. The van der Waals surface area contributed by atoms with E-state index < -0.39 is 0 Å². The molecule has 0 aromatic heterocycles. The molecule has 0 aromatic carbocycles. The summed E-state index contributed by atoms with van der Waals surface area (Å²) in [5, 5.41) is 0. The molecule has 2 nitrogen and oxygen atoms in total. The number of hydrogen-bond acceptors (Lipinski definition) is 2. The van der Waals surface area contributed by atoms with Crippen molar-refractivity contribution in [2.45, 2.75) is 31.7 Å². The van der Waals surface area contributed by atoms with E-state index in [2.05, 4.69) is 24.1 Å². The van der Waals surface area contributed by atoms with Gasteiger partial charge in [-0.2, -0.15) is 0 Å². The highest BCUT2D eigenvalue weighted by molar-refractivity contribution is 4.97. The van der Waals surface area contributed by atoms with Crippen molar-refractivity contribution < 1.29 is 0 Å². The predicted octanol–water partition coefficient (Wildman–Crippen LogP) is 1.38. The quantitative estimate of drug-likeness (QED) is 0.642. The minimum Gasteiger partial charge on any atom is -0.330 e. The van der Waals surface area contributed by atoms with Crippen molar-refractivity contribution in [1.29, 1.82) is 0 Å². The minimum atomic E-state index is 0.672. The zero-order valence-corrected chi connectivity index (χ0v) is 8.00. The Morgan fingerprint density at radius 1 is 1.58 bits per heavy atom. The van der Waals surface area contributed by atoms with Crippen LogP contribution in [0.4, 0.5) is 0 Å². The van der Waals surface area contributed by atoms with Crippen molar-refractivity contribution in [3.05, 3.63) is 12.2 Å². The molecule has 2 heteroatoms. The highest BCUT2D eigenvalue weighted by Crippen LogP contribution is 2.14. The Balaban J connectivity index is 2.25. The summed E-state index contributed by atoms with van der Waals surface area (Å²) in [4.78, 5) is 2.41. The summed E-state index contributed by atoms with van der Waals surface area (Å²) < 4.78 is 0. The first-order valence-corrected chi connectivity index (χ1v) is 4.91. The molecule has 0 radical (unpaired) electrons. The number of nitrogens with zero attached hydrogens (tertiary/aromatic N) is 1. The second-order valence-corrected chi connectivity index (χ2v) is 3.55. The van der Waals surface area contributed by atoms with Gasteiger partial charge in [-0.25, -0.2) is 0 Å².